The van der Waals surface area contributed by atoms with Crippen LogP contribution in [0, 0.1) is 11.3 Å². The zero-order valence-corrected chi connectivity index (χ0v) is 15.3. The fourth-order valence-corrected chi connectivity index (χ4v) is 3.23. The number of ether oxygens (including phenoxy) is 1. The van der Waals surface area contributed by atoms with Gasteiger partial charge < -0.3 is 13.6 Å². The van der Waals surface area contributed by atoms with Gasteiger partial charge in [-0.1, -0.05) is 15.9 Å². The van der Waals surface area contributed by atoms with Gasteiger partial charge >= 0.3 is 11.3 Å². The van der Waals surface area contributed by atoms with Gasteiger partial charge in [0.25, 0.3) is 0 Å². The van der Waals surface area contributed by atoms with Crippen molar-refractivity contribution in [3.63, 3.8) is 0 Å². The van der Waals surface area contributed by atoms with E-state index in [1.165, 1.54) is 12.1 Å². The zero-order valence-electron chi connectivity index (χ0n) is 13.7. The molecule has 2 aromatic heterocycles. The molecule has 2 aromatic carbocycles. The average Bonchev–Trinajstić information content (AvgIpc) is 2.65. The van der Waals surface area contributed by atoms with E-state index >= 15 is 0 Å². The van der Waals surface area contributed by atoms with Crippen LogP contribution in [0.3, 0.4) is 0 Å². The van der Waals surface area contributed by atoms with E-state index in [9.17, 15) is 9.59 Å². The molecule has 0 radical (unpaired) electrons. The quantitative estimate of drug-likeness (QED) is 0.457. The van der Waals surface area contributed by atoms with Crippen LogP contribution < -0.4 is 16.0 Å². The van der Waals surface area contributed by atoms with Gasteiger partial charge in [-0.05, 0) is 36.4 Å². The van der Waals surface area contributed by atoms with Crippen molar-refractivity contribution in [1.29, 1.82) is 5.26 Å². The highest BCUT2D eigenvalue weighted by molar-refractivity contribution is 9.10. The standard InChI is InChI=1S/C20H10BrNO5/c21-12-1-4-17-11(7-12)8-16(20(24)27-17)15-10-19(23)26-18-9-13(25-6-5-22)2-3-14(15)18/h1-4,7-10H,6H2. The Morgan fingerprint density at radius 1 is 0.963 bits per heavy atom. The van der Waals surface area contributed by atoms with Crippen LogP contribution >= 0.6 is 15.9 Å². The lowest BCUT2D eigenvalue weighted by Gasteiger charge is -2.08. The molecule has 7 heteroatoms. The van der Waals surface area contributed by atoms with Gasteiger partial charge in [0.2, 0.25) is 0 Å². The van der Waals surface area contributed by atoms with Crippen molar-refractivity contribution < 1.29 is 13.6 Å². The minimum Gasteiger partial charge on any atom is -0.479 e. The van der Waals surface area contributed by atoms with Crippen molar-refractivity contribution >= 4 is 37.9 Å². The fraction of sp³-hybridized carbons (Fsp3) is 0.0500. The summed E-state index contributed by atoms with van der Waals surface area (Å²) in [5.41, 5.74) is 0.200. The van der Waals surface area contributed by atoms with E-state index in [0.29, 0.717) is 27.7 Å². The summed E-state index contributed by atoms with van der Waals surface area (Å²) in [6.07, 6.45) is 0. The number of nitriles is 1. The van der Waals surface area contributed by atoms with Gasteiger partial charge in [-0.15, -0.1) is 0 Å². The van der Waals surface area contributed by atoms with Crippen LogP contribution in [0.15, 0.2) is 71.4 Å². The lowest BCUT2D eigenvalue weighted by atomic mass is 10.0. The van der Waals surface area contributed by atoms with E-state index in [2.05, 4.69) is 15.9 Å². The Morgan fingerprint density at radius 3 is 2.63 bits per heavy atom. The van der Waals surface area contributed by atoms with Crippen LogP contribution in [0.5, 0.6) is 5.75 Å². The molecule has 4 rings (SSSR count). The summed E-state index contributed by atoms with van der Waals surface area (Å²) in [7, 11) is 0. The molecule has 0 saturated heterocycles. The Bertz CT molecular complexity index is 1350. The van der Waals surface area contributed by atoms with Gasteiger partial charge in [0.05, 0.1) is 5.56 Å². The molecule has 6 nitrogen and oxygen atoms in total. The van der Waals surface area contributed by atoms with Gasteiger partial charge in [0.1, 0.15) is 23.0 Å². The second-order valence-electron chi connectivity index (χ2n) is 5.71. The molecule has 0 aliphatic rings. The molecule has 0 spiro atoms. The molecule has 0 bridgehead atoms. The predicted octanol–water partition coefficient (Wildman–Crippen LogP) is 4.23. The number of hydrogen-bond donors (Lipinski definition) is 0. The normalized spacial score (nSPS) is 10.8. The first-order valence-electron chi connectivity index (χ1n) is 7.86. The third-order valence-corrected chi connectivity index (χ3v) is 4.50. The van der Waals surface area contributed by atoms with Crippen molar-refractivity contribution in [1.82, 2.24) is 0 Å². The summed E-state index contributed by atoms with van der Waals surface area (Å²) in [5, 5.41) is 9.89. The largest absolute Gasteiger partial charge is 0.479 e. The first-order valence-corrected chi connectivity index (χ1v) is 8.66. The van der Waals surface area contributed by atoms with E-state index < -0.39 is 11.3 Å². The third-order valence-electron chi connectivity index (χ3n) is 4.00. The van der Waals surface area contributed by atoms with Crippen LogP contribution in [-0.2, 0) is 0 Å². The van der Waals surface area contributed by atoms with Gasteiger partial charge in [-0.25, -0.2) is 9.59 Å². The Morgan fingerprint density at radius 2 is 1.81 bits per heavy atom. The van der Waals surface area contributed by atoms with Crippen LogP contribution in [0.1, 0.15) is 0 Å². The second-order valence-corrected chi connectivity index (χ2v) is 6.63. The molecule has 27 heavy (non-hydrogen) atoms. The number of hydrogen-bond acceptors (Lipinski definition) is 6. The van der Waals surface area contributed by atoms with E-state index in [4.69, 9.17) is 18.8 Å². The van der Waals surface area contributed by atoms with E-state index in [-0.39, 0.29) is 17.8 Å². The molecule has 0 N–H and O–H groups in total. The summed E-state index contributed by atoms with van der Waals surface area (Å²) in [6, 6.07) is 14.9. The number of halogens is 1. The fourth-order valence-electron chi connectivity index (χ4n) is 2.85. The summed E-state index contributed by atoms with van der Waals surface area (Å²) in [6.45, 7) is -0.126. The van der Waals surface area contributed by atoms with Crippen LogP contribution in [0.4, 0.5) is 0 Å². The van der Waals surface area contributed by atoms with Crippen LogP contribution in [0.2, 0.25) is 0 Å². The van der Waals surface area contributed by atoms with Gasteiger partial charge in [-0.2, -0.15) is 5.26 Å². The Balaban J connectivity index is 1.97. The van der Waals surface area contributed by atoms with Crippen molar-refractivity contribution in [3.8, 4) is 22.9 Å². The van der Waals surface area contributed by atoms with Crippen LogP contribution in [0.25, 0.3) is 33.1 Å². The highest BCUT2D eigenvalue weighted by Gasteiger charge is 2.14. The number of fused-ring (bicyclic) bond motifs is 2. The minimum atomic E-state index is -0.608. The Kier molecular flexibility index (Phi) is 4.26. The molecule has 132 valence electrons. The highest BCUT2D eigenvalue weighted by atomic mass is 79.9. The maximum Gasteiger partial charge on any atom is 0.344 e. The SMILES string of the molecule is N#CCOc1ccc2c(-c3cc4cc(Br)ccc4oc3=O)cc(=O)oc2c1. The third kappa shape index (κ3) is 3.23. The monoisotopic (exact) mass is 423 g/mol. The smallest absolute Gasteiger partial charge is 0.344 e. The molecule has 0 atom stereocenters. The molecular weight excluding hydrogens is 414 g/mol. The molecule has 0 aliphatic heterocycles. The summed E-state index contributed by atoms with van der Waals surface area (Å²) in [4.78, 5) is 24.5. The topological polar surface area (TPSA) is 93.4 Å². The maximum atomic E-state index is 12.5. The molecule has 0 unspecified atom stereocenters. The Labute approximate surface area is 160 Å². The Hall–Kier alpha value is -3.37. The van der Waals surface area contributed by atoms with Crippen molar-refractivity contribution in [3.05, 3.63) is 73.8 Å². The second kappa shape index (κ2) is 6.74. The molecular formula is C20H10BrNO5. The number of nitrogens with zero attached hydrogens (tertiary/aromatic N) is 1. The van der Waals surface area contributed by atoms with Crippen LogP contribution in [-0.4, -0.2) is 6.61 Å². The van der Waals surface area contributed by atoms with E-state index in [0.717, 1.165) is 4.47 Å². The first-order chi connectivity index (χ1) is 13.0. The molecule has 0 fully saturated rings. The molecule has 2 heterocycles. The summed E-state index contributed by atoms with van der Waals surface area (Å²) in [5.74, 6) is 0.388. The van der Waals surface area contributed by atoms with Gasteiger partial charge in [0.15, 0.2) is 6.61 Å². The maximum absolute atomic E-state index is 12.5. The van der Waals surface area contributed by atoms with Gasteiger partial charge in [0, 0.05) is 32.9 Å². The molecule has 0 saturated carbocycles. The summed E-state index contributed by atoms with van der Waals surface area (Å²) < 4.78 is 16.7. The minimum absolute atomic E-state index is 0.126. The lowest BCUT2D eigenvalue weighted by Crippen LogP contribution is -2.06. The van der Waals surface area contributed by atoms with Crippen molar-refractivity contribution in [2.75, 3.05) is 6.61 Å². The molecule has 0 aliphatic carbocycles. The zero-order chi connectivity index (χ0) is 19.0. The molecule has 0 amide bonds. The highest BCUT2D eigenvalue weighted by Crippen LogP contribution is 2.30. The summed E-state index contributed by atoms with van der Waals surface area (Å²) >= 11 is 3.39. The number of benzene rings is 2. The molecule has 4 aromatic rings. The first kappa shape index (κ1) is 17.1. The predicted molar refractivity (Wildman–Crippen MR) is 103 cm³/mol. The van der Waals surface area contributed by atoms with Gasteiger partial charge in [-0.3, -0.25) is 0 Å². The van der Waals surface area contributed by atoms with E-state index in [1.807, 2.05) is 12.1 Å². The van der Waals surface area contributed by atoms with Crippen molar-refractivity contribution in [2.45, 2.75) is 0 Å². The number of rotatable bonds is 3. The van der Waals surface area contributed by atoms with E-state index in [1.54, 1.807) is 30.3 Å². The van der Waals surface area contributed by atoms with Crippen molar-refractivity contribution in [2.24, 2.45) is 0 Å². The average molecular weight is 424 g/mol. The lowest BCUT2D eigenvalue weighted by molar-refractivity contribution is 0.368.